The number of carbonyl (C=O) groups is 1. The van der Waals surface area contributed by atoms with Gasteiger partial charge in [0.1, 0.15) is 0 Å². The Morgan fingerprint density at radius 3 is 2.90 bits per heavy atom. The quantitative estimate of drug-likeness (QED) is 0.905. The summed E-state index contributed by atoms with van der Waals surface area (Å²) in [5.74, 6) is -1.06. The van der Waals surface area contributed by atoms with E-state index in [4.69, 9.17) is 11.6 Å². The number of hydrogen-bond donors (Lipinski definition) is 2. The lowest BCUT2D eigenvalue weighted by molar-refractivity contribution is 0.0693. The number of hydrogen-bond acceptors (Lipinski definition) is 4. The molecule has 1 aliphatic rings. The molecule has 1 aromatic heterocycles. The van der Waals surface area contributed by atoms with Crippen molar-refractivity contribution in [2.75, 3.05) is 0 Å². The maximum atomic E-state index is 11.7. The van der Waals surface area contributed by atoms with Crippen LogP contribution in [0.15, 0.2) is 33.0 Å². The highest BCUT2D eigenvalue weighted by Gasteiger charge is 2.29. The van der Waals surface area contributed by atoms with Gasteiger partial charge in [-0.05, 0) is 42.8 Å². The minimum atomic E-state index is -1.06. The van der Waals surface area contributed by atoms with Crippen molar-refractivity contribution >= 4 is 29.3 Å². The first-order chi connectivity index (χ1) is 9.56. The van der Waals surface area contributed by atoms with E-state index in [1.165, 1.54) is 6.07 Å². The number of H-pyrrole nitrogens is 1. The molecule has 8 heteroatoms. The summed E-state index contributed by atoms with van der Waals surface area (Å²) in [4.78, 5) is 23.4. The number of rotatable bonds is 4. The zero-order chi connectivity index (χ0) is 14.3. The van der Waals surface area contributed by atoms with Crippen molar-refractivity contribution in [2.45, 2.75) is 28.9 Å². The Morgan fingerprint density at radius 1 is 1.50 bits per heavy atom. The van der Waals surface area contributed by atoms with E-state index in [0.29, 0.717) is 15.1 Å². The van der Waals surface area contributed by atoms with Crippen molar-refractivity contribution in [3.05, 3.63) is 39.3 Å². The molecule has 0 amide bonds. The first-order valence-electron chi connectivity index (χ1n) is 5.94. The summed E-state index contributed by atoms with van der Waals surface area (Å²) in [6.07, 6.45) is 1.89. The molecule has 0 unspecified atom stereocenters. The second-order valence-corrected chi connectivity index (χ2v) is 5.91. The fourth-order valence-electron chi connectivity index (χ4n) is 1.87. The molecule has 2 N–H and O–H groups in total. The Kier molecular flexibility index (Phi) is 3.31. The third-order valence-electron chi connectivity index (χ3n) is 2.96. The summed E-state index contributed by atoms with van der Waals surface area (Å²) >= 11 is 6.96. The van der Waals surface area contributed by atoms with Crippen molar-refractivity contribution in [3.63, 3.8) is 0 Å². The molecule has 0 aliphatic heterocycles. The van der Waals surface area contributed by atoms with Gasteiger partial charge in [-0.2, -0.15) is 0 Å². The first kappa shape index (κ1) is 13.3. The molecule has 1 aromatic carbocycles. The first-order valence-corrected chi connectivity index (χ1v) is 7.13. The number of nitrogens with one attached hydrogen (secondary N) is 1. The van der Waals surface area contributed by atoms with Crippen LogP contribution in [0.25, 0.3) is 0 Å². The van der Waals surface area contributed by atoms with E-state index >= 15 is 0 Å². The predicted molar refractivity (Wildman–Crippen MR) is 73.7 cm³/mol. The molecule has 1 aliphatic carbocycles. The molecule has 6 nitrogen and oxygen atoms in total. The van der Waals surface area contributed by atoms with Crippen LogP contribution in [-0.2, 0) is 0 Å². The zero-order valence-electron chi connectivity index (χ0n) is 10.2. The van der Waals surface area contributed by atoms with Gasteiger partial charge in [0.15, 0.2) is 5.16 Å². The zero-order valence-corrected chi connectivity index (χ0v) is 11.7. The summed E-state index contributed by atoms with van der Waals surface area (Å²) in [5.41, 5.74) is -0.166. The van der Waals surface area contributed by atoms with E-state index in [1.807, 2.05) is 0 Å². The van der Waals surface area contributed by atoms with Crippen LogP contribution in [0, 0.1) is 0 Å². The van der Waals surface area contributed by atoms with Gasteiger partial charge in [0, 0.05) is 16.0 Å². The van der Waals surface area contributed by atoms with Crippen LogP contribution >= 0.6 is 23.4 Å². The standard InChI is InChI=1S/C12H10ClN3O3S/c13-6-1-4-9(8(5-6)10(17)18)20-12-15-14-11(19)16(12)7-2-3-7/h1,4-5,7H,2-3H2,(H,14,19)(H,17,18). The predicted octanol–water partition coefficient (Wildman–Crippen LogP) is 2.41. The minimum absolute atomic E-state index is 0.0975. The number of aromatic carboxylic acids is 1. The smallest absolute Gasteiger partial charge is 0.344 e. The molecule has 1 heterocycles. The van der Waals surface area contributed by atoms with Gasteiger partial charge in [-0.25, -0.2) is 14.7 Å². The third kappa shape index (κ3) is 2.46. The van der Waals surface area contributed by atoms with E-state index in [1.54, 1.807) is 16.7 Å². The SMILES string of the molecule is O=C(O)c1cc(Cl)ccc1Sc1n[nH]c(=O)n1C1CC1. The Morgan fingerprint density at radius 2 is 2.25 bits per heavy atom. The third-order valence-corrected chi connectivity index (χ3v) is 4.24. The number of carboxylic acid groups (broad SMARTS) is 1. The Hall–Kier alpha value is -1.73. The molecule has 104 valence electrons. The van der Waals surface area contributed by atoms with E-state index in [-0.39, 0.29) is 17.3 Å². The Balaban J connectivity index is 1.99. The average molecular weight is 312 g/mol. The van der Waals surface area contributed by atoms with Crippen LogP contribution in [-0.4, -0.2) is 25.8 Å². The van der Waals surface area contributed by atoms with E-state index < -0.39 is 5.97 Å². The number of nitrogens with zero attached hydrogens (tertiary/aromatic N) is 2. The van der Waals surface area contributed by atoms with Crippen molar-refractivity contribution in [1.82, 2.24) is 14.8 Å². The molecule has 2 aromatic rings. The summed E-state index contributed by atoms with van der Waals surface area (Å²) < 4.78 is 1.57. The fourth-order valence-corrected chi connectivity index (χ4v) is 3.06. The maximum Gasteiger partial charge on any atom is 0.344 e. The molecule has 0 bridgehead atoms. The Labute approximate surface area is 122 Å². The molecular weight excluding hydrogens is 302 g/mol. The second kappa shape index (κ2) is 4.99. The van der Waals surface area contributed by atoms with Crippen molar-refractivity contribution < 1.29 is 9.90 Å². The van der Waals surface area contributed by atoms with Crippen molar-refractivity contribution in [2.24, 2.45) is 0 Å². The van der Waals surface area contributed by atoms with E-state index in [0.717, 1.165) is 24.6 Å². The highest BCUT2D eigenvalue weighted by atomic mass is 35.5. The monoisotopic (exact) mass is 311 g/mol. The molecule has 0 atom stereocenters. The van der Waals surface area contributed by atoms with Crippen molar-refractivity contribution in [3.8, 4) is 0 Å². The van der Waals surface area contributed by atoms with Crippen LogP contribution in [0.1, 0.15) is 29.2 Å². The normalized spacial score (nSPS) is 14.4. The lowest BCUT2D eigenvalue weighted by Gasteiger charge is -2.06. The van der Waals surface area contributed by atoms with E-state index in [2.05, 4.69) is 10.2 Å². The van der Waals surface area contributed by atoms with Crippen LogP contribution in [0.2, 0.25) is 5.02 Å². The van der Waals surface area contributed by atoms with Gasteiger partial charge in [-0.15, -0.1) is 5.10 Å². The topological polar surface area (TPSA) is 88.0 Å². The number of halogens is 1. The second-order valence-electron chi connectivity index (χ2n) is 4.46. The molecular formula is C12H10ClN3O3S. The van der Waals surface area contributed by atoms with Gasteiger partial charge in [0.25, 0.3) is 0 Å². The van der Waals surface area contributed by atoms with Gasteiger partial charge < -0.3 is 5.11 Å². The van der Waals surface area contributed by atoms with Crippen molar-refractivity contribution in [1.29, 1.82) is 0 Å². The van der Waals surface area contributed by atoms with Gasteiger partial charge in [0.05, 0.1) is 5.56 Å². The molecule has 3 rings (SSSR count). The summed E-state index contributed by atoms with van der Waals surface area (Å²) in [6.45, 7) is 0. The average Bonchev–Trinajstić information content (AvgIpc) is 3.17. The number of benzene rings is 1. The number of aromatic nitrogens is 3. The summed E-state index contributed by atoms with van der Waals surface area (Å²) in [6, 6.07) is 4.79. The number of aromatic amines is 1. The lowest BCUT2D eigenvalue weighted by atomic mass is 10.2. The summed E-state index contributed by atoms with van der Waals surface area (Å²) in [5, 5.41) is 16.4. The summed E-state index contributed by atoms with van der Waals surface area (Å²) in [7, 11) is 0. The number of carboxylic acids is 1. The maximum absolute atomic E-state index is 11.7. The fraction of sp³-hybridized carbons (Fsp3) is 0.250. The van der Waals surface area contributed by atoms with Crippen LogP contribution < -0.4 is 5.69 Å². The van der Waals surface area contributed by atoms with Gasteiger partial charge in [-0.3, -0.25) is 4.57 Å². The molecule has 0 spiro atoms. The molecule has 1 fully saturated rings. The van der Waals surface area contributed by atoms with E-state index in [9.17, 15) is 14.7 Å². The van der Waals surface area contributed by atoms with Crippen LogP contribution in [0.4, 0.5) is 0 Å². The van der Waals surface area contributed by atoms with Gasteiger partial charge in [0.2, 0.25) is 0 Å². The largest absolute Gasteiger partial charge is 0.478 e. The van der Waals surface area contributed by atoms with Crippen LogP contribution in [0.3, 0.4) is 0 Å². The molecule has 0 radical (unpaired) electrons. The highest BCUT2D eigenvalue weighted by molar-refractivity contribution is 7.99. The van der Waals surface area contributed by atoms with Gasteiger partial charge in [-0.1, -0.05) is 11.6 Å². The Bertz CT molecular complexity index is 736. The lowest BCUT2D eigenvalue weighted by Crippen LogP contribution is -2.16. The van der Waals surface area contributed by atoms with Crippen LogP contribution in [0.5, 0.6) is 0 Å². The molecule has 20 heavy (non-hydrogen) atoms. The minimum Gasteiger partial charge on any atom is -0.478 e. The van der Waals surface area contributed by atoms with Gasteiger partial charge >= 0.3 is 11.7 Å². The highest BCUT2D eigenvalue weighted by Crippen LogP contribution is 2.38. The molecule has 1 saturated carbocycles. The molecule has 0 saturated heterocycles.